The van der Waals surface area contributed by atoms with Crippen molar-refractivity contribution < 1.29 is 5.11 Å². The first-order valence-electron chi connectivity index (χ1n) is 5.42. The van der Waals surface area contributed by atoms with Crippen molar-refractivity contribution in [2.75, 3.05) is 0 Å². The molecule has 0 saturated carbocycles. The minimum atomic E-state index is -0.970. The van der Waals surface area contributed by atoms with Gasteiger partial charge in [0.15, 0.2) is 0 Å². The van der Waals surface area contributed by atoms with Crippen LogP contribution in [0.1, 0.15) is 30.9 Å². The van der Waals surface area contributed by atoms with Gasteiger partial charge in [0.2, 0.25) is 0 Å². The molecule has 1 aliphatic rings. The van der Waals surface area contributed by atoms with E-state index in [2.05, 4.69) is 0 Å². The predicted octanol–water partition coefficient (Wildman–Crippen LogP) is 2.86. The Morgan fingerprint density at radius 2 is 2.12 bits per heavy atom. The summed E-state index contributed by atoms with van der Waals surface area (Å²) in [7, 11) is 0. The van der Waals surface area contributed by atoms with Crippen LogP contribution in [0.3, 0.4) is 0 Å². The van der Waals surface area contributed by atoms with Crippen molar-refractivity contribution in [3.05, 3.63) is 33.3 Å². The van der Waals surface area contributed by atoms with Gasteiger partial charge < -0.3 is 10.8 Å². The Morgan fingerprint density at radius 1 is 1.44 bits per heavy atom. The standard InChI is InChI=1S/C12H15Cl2NO/c1-7(15)12(16)6-2-3-8-9(12)4-5-10(13)11(8)14/h4-5,7,16H,2-3,6,15H2,1H3. The minimum Gasteiger partial charge on any atom is -0.384 e. The maximum absolute atomic E-state index is 10.6. The summed E-state index contributed by atoms with van der Waals surface area (Å²) < 4.78 is 0. The molecule has 88 valence electrons. The van der Waals surface area contributed by atoms with Crippen LogP contribution in [0.2, 0.25) is 10.0 Å². The van der Waals surface area contributed by atoms with Gasteiger partial charge in [0.1, 0.15) is 5.60 Å². The molecule has 2 nitrogen and oxygen atoms in total. The van der Waals surface area contributed by atoms with E-state index >= 15 is 0 Å². The van der Waals surface area contributed by atoms with E-state index in [1.165, 1.54) is 0 Å². The van der Waals surface area contributed by atoms with E-state index in [0.29, 0.717) is 16.5 Å². The van der Waals surface area contributed by atoms with Crippen LogP contribution in [0.5, 0.6) is 0 Å². The number of hydrogen-bond donors (Lipinski definition) is 2. The van der Waals surface area contributed by atoms with E-state index in [1.807, 2.05) is 13.0 Å². The van der Waals surface area contributed by atoms with Gasteiger partial charge >= 0.3 is 0 Å². The van der Waals surface area contributed by atoms with Crippen LogP contribution >= 0.6 is 23.2 Å². The fourth-order valence-corrected chi connectivity index (χ4v) is 2.82. The van der Waals surface area contributed by atoms with Crippen LogP contribution in [0.15, 0.2) is 12.1 Å². The highest BCUT2D eigenvalue weighted by Gasteiger charge is 2.38. The molecule has 16 heavy (non-hydrogen) atoms. The first kappa shape index (κ1) is 12.2. The largest absolute Gasteiger partial charge is 0.384 e. The molecule has 1 aromatic carbocycles. The third-order valence-corrected chi connectivity index (χ3v) is 4.24. The molecule has 0 bridgehead atoms. The number of aliphatic hydroxyl groups is 1. The van der Waals surface area contributed by atoms with Crippen LogP contribution in [0.25, 0.3) is 0 Å². The van der Waals surface area contributed by atoms with Gasteiger partial charge in [0.05, 0.1) is 10.0 Å². The number of hydrogen-bond acceptors (Lipinski definition) is 2. The Balaban J connectivity index is 2.60. The van der Waals surface area contributed by atoms with E-state index < -0.39 is 5.60 Å². The van der Waals surface area contributed by atoms with Crippen LogP contribution in [-0.4, -0.2) is 11.1 Å². The maximum atomic E-state index is 10.6. The second-order valence-electron chi connectivity index (χ2n) is 4.45. The summed E-state index contributed by atoms with van der Waals surface area (Å²) >= 11 is 12.1. The summed E-state index contributed by atoms with van der Waals surface area (Å²) in [5.41, 5.74) is 6.69. The zero-order chi connectivity index (χ0) is 11.9. The first-order valence-corrected chi connectivity index (χ1v) is 6.17. The Bertz CT molecular complexity index is 420. The first-order chi connectivity index (χ1) is 7.47. The van der Waals surface area contributed by atoms with E-state index in [4.69, 9.17) is 28.9 Å². The van der Waals surface area contributed by atoms with Gasteiger partial charge in [-0.2, -0.15) is 0 Å². The van der Waals surface area contributed by atoms with Crippen LogP contribution < -0.4 is 5.73 Å². The quantitative estimate of drug-likeness (QED) is 0.815. The Labute approximate surface area is 105 Å². The fraction of sp³-hybridized carbons (Fsp3) is 0.500. The zero-order valence-corrected chi connectivity index (χ0v) is 10.6. The Morgan fingerprint density at radius 3 is 2.75 bits per heavy atom. The average molecular weight is 260 g/mol. The smallest absolute Gasteiger partial charge is 0.105 e. The lowest BCUT2D eigenvalue weighted by atomic mass is 9.75. The van der Waals surface area contributed by atoms with Crippen molar-refractivity contribution in [2.45, 2.75) is 37.8 Å². The van der Waals surface area contributed by atoms with Gasteiger partial charge in [-0.1, -0.05) is 29.3 Å². The second-order valence-corrected chi connectivity index (χ2v) is 5.24. The van der Waals surface area contributed by atoms with Crippen molar-refractivity contribution in [3.63, 3.8) is 0 Å². The summed E-state index contributed by atoms with van der Waals surface area (Å²) in [5.74, 6) is 0. The number of halogens is 2. The molecule has 0 spiro atoms. The summed E-state index contributed by atoms with van der Waals surface area (Å²) in [5, 5.41) is 11.7. The van der Waals surface area contributed by atoms with Crippen molar-refractivity contribution in [1.82, 2.24) is 0 Å². The van der Waals surface area contributed by atoms with Gasteiger partial charge in [-0.15, -0.1) is 0 Å². The molecule has 0 aromatic heterocycles. The third kappa shape index (κ3) is 1.74. The predicted molar refractivity (Wildman–Crippen MR) is 66.9 cm³/mol. The summed E-state index contributed by atoms with van der Waals surface area (Å²) in [6.07, 6.45) is 2.41. The highest BCUT2D eigenvalue weighted by Crippen LogP contribution is 2.42. The van der Waals surface area contributed by atoms with Crippen molar-refractivity contribution >= 4 is 23.2 Å². The molecule has 2 atom stereocenters. The van der Waals surface area contributed by atoms with Gasteiger partial charge in [0, 0.05) is 6.04 Å². The van der Waals surface area contributed by atoms with Crippen molar-refractivity contribution in [3.8, 4) is 0 Å². The van der Waals surface area contributed by atoms with Gasteiger partial charge in [-0.3, -0.25) is 0 Å². The van der Waals surface area contributed by atoms with Gasteiger partial charge in [-0.05, 0) is 43.4 Å². The molecule has 0 saturated heterocycles. The molecular weight excluding hydrogens is 245 g/mol. The summed E-state index contributed by atoms with van der Waals surface area (Å²) in [6, 6.07) is 3.25. The normalized spacial score (nSPS) is 26.3. The SMILES string of the molecule is CC(N)C1(O)CCCc2c1ccc(Cl)c2Cl. The minimum absolute atomic E-state index is 0.316. The maximum Gasteiger partial charge on any atom is 0.105 e. The Kier molecular flexibility index (Phi) is 3.19. The number of nitrogens with two attached hydrogens (primary N) is 1. The summed E-state index contributed by atoms with van der Waals surface area (Å²) in [4.78, 5) is 0. The van der Waals surface area contributed by atoms with Crippen LogP contribution in [-0.2, 0) is 12.0 Å². The third-order valence-electron chi connectivity index (χ3n) is 3.40. The lowest BCUT2D eigenvalue weighted by Gasteiger charge is -2.38. The number of rotatable bonds is 1. The number of fused-ring (bicyclic) bond motifs is 1. The highest BCUT2D eigenvalue weighted by molar-refractivity contribution is 6.42. The lowest BCUT2D eigenvalue weighted by Crippen LogP contribution is -2.45. The fourth-order valence-electron chi connectivity index (χ4n) is 2.38. The Hall–Kier alpha value is -0.280. The molecular formula is C12H15Cl2NO. The lowest BCUT2D eigenvalue weighted by molar-refractivity contribution is -0.00166. The molecule has 2 unspecified atom stereocenters. The summed E-state index contributed by atoms with van der Waals surface area (Å²) in [6.45, 7) is 1.82. The van der Waals surface area contributed by atoms with Crippen LogP contribution in [0, 0.1) is 0 Å². The molecule has 0 aliphatic heterocycles. The molecule has 4 heteroatoms. The molecule has 0 fully saturated rings. The van der Waals surface area contributed by atoms with E-state index in [-0.39, 0.29) is 6.04 Å². The topological polar surface area (TPSA) is 46.2 Å². The van der Waals surface area contributed by atoms with E-state index in [9.17, 15) is 5.11 Å². The van der Waals surface area contributed by atoms with Crippen molar-refractivity contribution in [1.29, 1.82) is 0 Å². The monoisotopic (exact) mass is 259 g/mol. The van der Waals surface area contributed by atoms with Gasteiger partial charge in [0.25, 0.3) is 0 Å². The highest BCUT2D eigenvalue weighted by atomic mass is 35.5. The van der Waals surface area contributed by atoms with Gasteiger partial charge in [-0.25, -0.2) is 0 Å². The second kappa shape index (κ2) is 4.19. The molecule has 2 rings (SSSR count). The van der Waals surface area contributed by atoms with E-state index in [1.54, 1.807) is 6.07 Å². The molecule has 1 aliphatic carbocycles. The van der Waals surface area contributed by atoms with Crippen LogP contribution in [0.4, 0.5) is 0 Å². The molecule has 0 amide bonds. The molecule has 0 heterocycles. The molecule has 0 radical (unpaired) electrons. The molecule has 3 N–H and O–H groups in total. The molecule has 1 aromatic rings. The van der Waals surface area contributed by atoms with Crippen molar-refractivity contribution in [2.24, 2.45) is 5.73 Å². The zero-order valence-electron chi connectivity index (χ0n) is 9.13. The van der Waals surface area contributed by atoms with E-state index in [0.717, 1.165) is 24.0 Å². The number of benzene rings is 1. The average Bonchev–Trinajstić information content (AvgIpc) is 2.24.